The molecule has 0 aromatic rings. The first-order chi connectivity index (χ1) is 4.66. The lowest BCUT2D eigenvalue weighted by molar-refractivity contribution is -0.128. The van der Waals surface area contributed by atoms with Crippen molar-refractivity contribution in [3.8, 4) is 0 Å². The van der Waals surface area contributed by atoms with Gasteiger partial charge in [-0.2, -0.15) is 5.10 Å². The molecule has 0 aliphatic carbocycles. The molecule has 0 amide bonds. The summed E-state index contributed by atoms with van der Waals surface area (Å²) in [6.45, 7) is 3.69. The Morgan fingerprint density at radius 2 is 2.50 bits per heavy atom. The lowest BCUT2D eigenvalue weighted by atomic mass is 10.7. The third kappa shape index (κ3) is 5.11. The van der Waals surface area contributed by atoms with Crippen LogP contribution in [0.15, 0.2) is 17.8 Å². The molecule has 0 aliphatic rings. The average Bonchev–Trinajstić information content (AvgIpc) is 1.85. The van der Waals surface area contributed by atoms with Gasteiger partial charge in [-0.1, -0.05) is 6.08 Å². The van der Waals surface area contributed by atoms with E-state index in [1.54, 1.807) is 0 Å². The van der Waals surface area contributed by atoms with Crippen LogP contribution in [0.3, 0.4) is 0 Å². The Labute approximate surface area is 63.5 Å². The van der Waals surface area contributed by atoms with Crippen molar-refractivity contribution >= 4 is 24.0 Å². The van der Waals surface area contributed by atoms with Gasteiger partial charge in [0.1, 0.15) is 6.21 Å². The molecule has 5 heteroatoms. The summed E-state index contributed by atoms with van der Waals surface area (Å²) in [5.74, 6) is -1.13. The quantitative estimate of drug-likeness (QED) is 0.287. The molecule has 0 unspecified atom stereocenters. The van der Waals surface area contributed by atoms with E-state index in [0.29, 0.717) is 12.8 Å². The molecule has 0 saturated carbocycles. The molecule has 0 fully saturated rings. The third-order valence-corrected chi connectivity index (χ3v) is 0.799. The van der Waals surface area contributed by atoms with Gasteiger partial charge in [0.15, 0.2) is 0 Å². The van der Waals surface area contributed by atoms with E-state index in [9.17, 15) is 4.79 Å². The molecule has 0 saturated heterocycles. The average molecular weight is 163 g/mol. The maximum atomic E-state index is 9.85. The monoisotopic (exact) mass is 162 g/mol. The standard InChI is InChI=1S/C5H7ClN2O2/c1-2-3-8(6)7-4-5(9)10/h2,4H,1,3H2,(H,9,10). The van der Waals surface area contributed by atoms with Gasteiger partial charge in [0.2, 0.25) is 0 Å². The second kappa shape index (κ2) is 4.81. The van der Waals surface area contributed by atoms with Crippen LogP contribution >= 0.6 is 11.8 Å². The van der Waals surface area contributed by atoms with Gasteiger partial charge in [0.05, 0.1) is 6.54 Å². The van der Waals surface area contributed by atoms with Gasteiger partial charge in [0.25, 0.3) is 0 Å². The van der Waals surface area contributed by atoms with Crippen LogP contribution in [-0.2, 0) is 4.79 Å². The SMILES string of the molecule is C=CCN(Cl)N=CC(=O)O. The topological polar surface area (TPSA) is 52.9 Å². The largest absolute Gasteiger partial charge is 0.477 e. The first-order valence-corrected chi connectivity index (χ1v) is 2.81. The molecule has 4 nitrogen and oxygen atoms in total. The van der Waals surface area contributed by atoms with E-state index in [4.69, 9.17) is 16.9 Å². The predicted octanol–water partition coefficient (Wildman–Crippen LogP) is 0.699. The van der Waals surface area contributed by atoms with E-state index in [-0.39, 0.29) is 0 Å². The summed E-state index contributed by atoms with van der Waals surface area (Å²) in [5, 5.41) is 11.4. The molecule has 0 aromatic heterocycles. The summed E-state index contributed by atoms with van der Waals surface area (Å²) in [6.07, 6.45) is 2.21. The van der Waals surface area contributed by atoms with Crippen LogP contribution in [0.25, 0.3) is 0 Å². The third-order valence-electron chi connectivity index (χ3n) is 0.573. The minimum atomic E-state index is -1.13. The number of aliphatic carboxylic acids is 1. The van der Waals surface area contributed by atoms with Gasteiger partial charge in [0, 0.05) is 11.8 Å². The van der Waals surface area contributed by atoms with Crippen LogP contribution in [-0.4, -0.2) is 28.4 Å². The highest BCUT2D eigenvalue weighted by Crippen LogP contribution is 1.92. The number of halogens is 1. The lowest BCUT2D eigenvalue weighted by Crippen LogP contribution is -2.06. The van der Waals surface area contributed by atoms with Gasteiger partial charge < -0.3 is 5.11 Å². The van der Waals surface area contributed by atoms with Crippen LogP contribution in [0.4, 0.5) is 0 Å². The molecule has 56 valence electrons. The number of carboxylic acid groups (broad SMARTS) is 1. The molecule has 1 N–H and O–H groups in total. The molecule has 0 heterocycles. The minimum Gasteiger partial charge on any atom is -0.477 e. The first-order valence-electron chi connectivity index (χ1n) is 2.48. The van der Waals surface area contributed by atoms with Crippen molar-refractivity contribution in [1.82, 2.24) is 4.53 Å². The normalized spacial score (nSPS) is 9.70. The van der Waals surface area contributed by atoms with Gasteiger partial charge in [-0.05, 0) is 0 Å². The molecule has 0 radical (unpaired) electrons. The maximum absolute atomic E-state index is 9.85. The molecule has 0 bridgehead atoms. The van der Waals surface area contributed by atoms with E-state index in [1.165, 1.54) is 6.08 Å². The number of carbonyl (C=O) groups is 1. The van der Waals surface area contributed by atoms with Crippen molar-refractivity contribution in [2.24, 2.45) is 5.10 Å². The summed E-state index contributed by atoms with van der Waals surface area (Å²) in [5.41, 5.74) is 0. The molecular formula is C5H7ClN2O2. The van der Waals surface area contributed by atoms with Crippen molar-refractivity contribution in [2.45, 2.75) is 0 Å². The Bertz CT molecular complexity index is 158. The zero-order valence-electron chi connectivity index (χ0n) is 5.20. The molecule has 0 spiro atoms. The van der Waals surface area contributed by atoms with E-state index < -0.39 is 5.97 Å². The van der Waals surface area contributed by atoms with Gasteiger partial charge in [-0.3, -0.25) is 0 Å². The Morgan fingerprint density at radius 1 is 1.90 bits per heavy atom. The van der Waals surface area contributed by atoms with Crippen molar-refractivity contribution < 1.29 is 9.90 Å². The van der Waals surface area contributed by atoms with E-state index in [0.717, 1.165) is 4.53 Å². The number of hydrazone groups is 1. The first kappa shape index (κ1) is 8.97. The van der Waals surface area contributed by atoms with E-state index >= 15 is 0 Å². The Morgan fingerprint density at radius 3 is 2.90 bits per heavy atom. The second-order valence-corrected chi connectivity index (χ2v) is 1.78. The fraction of sp³-hybridized carbons (Fsp3) is 0.200. The molecule has 0 aliphatic heterocycles. The minimum absolute atomic E-state index is 0.311. The summed E-state index contributed by atoms with van der Waals surface area (Å²) >= 11 is 5.33. The van der Waals surface area contributed by atoms with Gasteiger partial charge >= 0.3 is 5.97 Å². The highest BCUT2D eigenvalue weighted by molar-refractivity contribution is 6.22. The zero-order valence-corrected chi connectivity index (χ0v) is 5.95. The van der Waals surface area contributed by atoms with Crippen molar-refractivity contribution in [2.75, 3.05) is 6.54 Å². The molecule has 10 heavy (non-hydrogen) atoms. The van der Waals surface area contributed by atoms with Gasteiger partial charge in [-0.15, -0.1) is 6.58 Å². The van der Waals surface area contributed by atoms with Crippen LogP contribution < -0.4 is 0 Å². The number of rotatable bonds is 4. The summed E-state index contributed by atoms with van der Waals surface area (Å²) in [4.78, 5) is 9.85. The predicted molar refractivity (Wildman–Crippen MR) is 38.9 cm³/mol. The number of nitrogens with zero attached hydrogens (tertiary/aromatic N) is 2. The maximum Gasteiger partial charge on any atom is 0.348 e. The van der Waals surface area contributed by atoms with Gasteiger partial charge in [-0.25, -0.2) is 9.32 Å². The number of carboxylic acids is 1. The molecular weight excluding hydrogens is 156 g/mol. The highest BCUT2D eigenvalue weighted by Gasteiger charge is 1.91. The summed E-state index contributed by atoms with van der Waals surface area (Å²) in [6, 6.07) is 0. The Hall–Kier alpha value is -1.03. The van der Waals surface area contributed by atoms with Crippen molar-refractivity contribution in [3.05, 3.63) is 12.7 Å². The van der Waals surface area contributed by atoms with E-state index in [1.807, 2.05) is 0 Å². The van der Waals surface area contributed by atoms with Crippen molar-refractivity contribution in [3.63, 3.8) is 0 Å². The van der Waals surface area contributed by atoms with Crippen LogP contribution in [0.5, 0.6) is 0 Å². The van der Waals surface area contributed by atoms with Crippen LogP contribution in [0, 0.1) is 0 Å². The number of hydrogen-bond acceptors (Lipinski definition) is 3. The fourth-order valence-electron chi connectivity index (χ4n) is 0.266. The summed E-state index contributed by atoms with van der Waals surface area (Å²) < 4.78 is 0.946. The fourth-order valence-corrected chi connectivity index (χ4v) is 0.407. The highest BCUT2D eigenvalue weighted by atomic mass is 35.5. The smallest absolute Gasteiger partial charge is 0.348 e. The van der Waals surface area contributed by atoms with Crippen LogP contribution in [0.2, 0.25) is 0 Å². The Kier molecular flexibility index (Phi) is 4.32. The summed E-state index contributed by atoms with van der Waals surface area (Å²) in [7, 11) is 0. The molecule has 0 rings (SSSR count). The van der Waals surface area contributed by atoms with E-state index in [2.05, 4.69) is 11.7 Å². The second-order valence-electron chi connectivity index (χ2n) is 1.39. The lowest BCUT2D eigenvalue weighted by Gasteiger charge is -2.02. The van der Waals surface area contributed by atoms with Crippen LogP contribution in [0.1, 0.15) is 0 Å². The Balaban J connectivity index is 3.65. The molecule has 0 atom stereocenters. The number of hydrogen-bond donors (Lipinski definition) is 1. The zero-order chi connectivity index (χ0) is 7.98. The van der Waals surface area contributed by atoms with Crippen molar-refractivity contribution in [1.29, 1.82) is 0 Å². The molecule has 0 aromatic carbocycles.